The Morgan fingerprint density at radius 1 is 0.900 bits per heavy atom. The minimum absolute atomic E-state index is 0.415. The molecule has 0 unspecified atom stereocenters. The minimum Gasteiger partial charge on any atom is -0.207 e. The largest absolute Gasteiger partial charge is 0.243 e. The molecular formula is C15H16BrNO2S. The zero-order valence-corrected chi connectivity index (χ0v) is 13.5. The van der Waals surface area contributed by atoms with Gasteiger partial charge in [0.1, 0.15) is 0 Å². The monoisotopic (exact) mass is 353 g/mol. The standard InChI is InChI=1S/C15H16BrNO2S/c16-14-8-9-15(13-7-3-2-6-12(13)14)20(18,19)17-10-4-1-5-11-17/h2-3,6-9H,1,4-5,10-11H2. The van der Waals surface area contributed by atoms with Crippen LogP contribution in [0.4, 0.5) is 0 Å². The quantitative estimate of drug-likeness (QED) is 0.823. The number of hydrogen-bond acceptors (Lipinski definition) is 2. The van der Waals surface area contributed by atoms with Crippen LogP contribution in [0, 0.1) is 0 Å². The van der Waals surface area contributed by atoms with Gasteiger partial charge in [-0.1, -0.05) is 46.6 Å². The summed E-state index contributed by atoms with van der Waals surface area (Å²) in [5.74, 6) is 0. The van der Waals surface area contributed by atoms with Crippen molar-refractivity contribution in [2.24, 2.45) is 0 Å². The summed E-state index contributed by atoms with van der Waals surface area (Å²) in [5, 5.41) is 1.72. The summed E-state index contributed by atoms with van der Waals surface area (Å²) in [4.78, 5) is 0.415. The summed E-state index contributed by atoms with van der Waals surface area (Å²) >= 11 is 3.49. The van der Waals surface area contributed by atoms with E-state index in [2.05, 4.69) is 15.9 Å². The fourth-order valence-electron chi connectivity index (χ4n) is 2.70. The smallest absolute Gasteiger partial charge is 0.207 e. The summed E-state index contributed by atoms with van der Waals surface area (Å²) < 4.78 is 28.2. The Morgan fingerprint density at radius 2 is 1.55 bits per heavy atom. The molecule has 2 aromatic carbocycles. The highest BCUT2D eigenvalue weighted by molar-refractivity contribution is 9.10. The average molecular weight is 354 g/mol. The lowest BCUT2D eigenvalue weighted by atomic mass is 10.1. The van der Waals surface area contributed by atoms with Gasteiger partial charge in [-0.2, -0.15) is 4.31 Å². The lowest BCUT2D eigenvalue weighted by molar-refractivity contribution is 0.347. The van der Waals surface area contributed by atoms with Crippen LogP contribution in [0.3, 0.4) is 0 Å². The van der Waals surface area contributed by atoms with Crippen LogP contribution in [0.1, 0.15) is 19.3 Å². The van der Waals surface area contributed by atoms with E-state index in [4.69, 9.17) is 0 Å². The molecule has 1 aliphatic heterocycles. The first kappa shape index (κ1) is 14.0. The number of hydrogen-bond donors (Lipinski definition) is 0. The molecule has 2 aromatic rings. The minimum atomic E-state index is -3.39. The fourth-order valence-corrected chi connectivity index (χ4v) is 4.89. The van der Waals surface area contributed by atoms with Gasteiger partial charge in [-0.05, 0) is 30.4 Å². The predicted octanol–water partition coefficient (Wildman–Crippen LogP) is 3.78. The average Bonchev–Trinajstić information content (AvgIpc) is 2.48. The van der Waals surface area contributed by atoms with E-state index < -0.39 is 10.0 Å². The third kappa shape index (κ3) is 2.38. The summed E-state index contributed by atoms with van der Waals surface area (Å²) in [5.41, 5.74) is 0. The molecule has 0 amide bonds. The summed E-state index contributed by atoms with van der Waals surface area (Å²) in [7, 11) is -3.39. The van der Waals surface area contributed by atoms with E-state index in [9.17, 15) is 8.42 Å². The second-order valence-corrected chi connectivity index (χ2v) is 7.82. The second kappa shape index (κ2) is 5.47. The van der Waals surface area contributed by atoms with Gasteiger partial charge in [0.15, 0.2) is 0 Å². The van der Waals surface area contributed by atoms with Crippen LogP contribution in [-0.4, -0.2) is 25.8 Å². The van der Waals surface area contributed by atoms with E-state index in [0.717, 1.165) is 34.5 Å². The summed E-state index contributed by atoms with van der Waals surface area (Å²) in [6.45, 7) is 1.26. The molecule has 20 heavy (non-hydrogen) atoms. The summed E-state index contributed by atoms with van der Waals surface area (Å²) in [6.07, 6.45) is 3.02. The first-order chi connectivity index (χ1) is 9.60. The normalized spacial score (nSPS) is 17.4. The second-order valence-electron chi connectivity index (χ2n) is 5.06. The lowest BCUT2D eigenvalue weighted by Gasteiger charge is -2.26. The Hall–Kier alpha value is -0.910. The molecule has 0 N–H and O–H groups in total. The van der Waals surface area contributed by atoms with Crippen molar-refractivity contribution in [2.45, 2.75) is 24.2 Å². The molecule has 0 bridgehead atoms. The molecule has 0 radical (unpaired) electrons. The van der Waals surface area contributed by atoms with Crippen molar-refractivity contribution in [3.63, 3.8) is 0 Å². The Labute approximate surface area is 127 Å². The first-order valence-electron chi connectivity index (χ1n) is 6.78. The molecule has 0 saturated carbocycles. The van der Waals surface area contributed by atoms with Gasteiger partial charge in [-0.25, -0.2) is 8.42 Å². The van der Waals surface area contributed by atoms with Crippen LogP contribution in [0.15, 0.2) is 45.8 Å². The Bertz CT molecular complexity index is 737. The van der Waals surface area contributed by atoms with E-state index >= 15 is 0 Å². The van der Waals surface area contributed by atoms with E-state index in [1.54, 1.807) is 10.4 Å². The van der Waals surface area contributed by atoms with Crippen molar-refractivity contribution < 1.29 is 8.42 Å². The molecule has 1 fully saturated rings. The van der Waals surface area contributed by atoms with Crippen molar-refractivity contribution in [3.8, 4) is 0 Å². The third-order valence-electron chi connectivity index (χ3n) is 3.76. The van der Waals surface area contributed by atoms with Crippen LogP contribution in [0.2, 0.25) is 0 Å². The van der Waals surface area contributed by atoms with Gasteiger partial charge in [0.05, 0.1) is 4.90 Å². The van der Waals surface area contributed by atoms with Gasteiger partial charge in [0, 0.05) is 22.9 Å². The van der Waals surface area contributed by atoms with Crippen molar-refractivity contribution in [1.29, 1.82) is 0 Å². The van der Waals surface area contributed by atoms with Gasteiger partial charge >= 0.3 is 0 Å². The lowest BCUT2D eigenvalue weighted by Crippen LogP contribution is -2.35. The molecule has 1 aliphatic rings. The van der Waals surface area contributed by atoms with Crippen LogP contribution in [-0.2, 0) is 10.0 Å². The van der Waals surface area contributed by atoms with Crippen LogP contribution in [0.5, 0.6) is 0 Å². The molecule has 5 heteroatoms. The van der Waals surface area contributed by atoms with Crippen LogP contribution in [0.25, 0.3) is 10.8 Å². The molecular weight excluding hydrogens is 338 g/mol. The van der Waals surface area contributed by atoms with Crippen molar-refractivity contribution in [3.05, 3.63) is 40.9 Å². The number of sulfonamides is 1. The molecule has 1 saturated heterocycles. The Kier molecular flexibility index (Phi) is 3.84. The predicted molar refractivity (Wildman–Crippen MR) is 84.3 cm³/mol. The Morgan fingerprint density at radius 3 is 2.25 bits per heavy atom. The van der Waals surface area contributed by atoms with E-state index in [0.29, 0.717) is 18.0 Å². The number of halogens is 1. The topological polar surface area (TPSA) is 37.4 Å². The molecule has 0 aromatic heterocycles. The number of nitrogens with zero attached hydrogens (tertiary/aromatic N) is 1. The molecule has 3 rings (SSSR count). The van der Waals surface area contributed by atoms with Gasteiger partial charge in [-0.3, -0.25) is 0 Å². The highest BCUT2D eigenvalue weighted by atomic mass is 79.9. The van der Waals surface area contributed by atoms with E-state index in [1.807, 2.05) is 30.3 Å². The molecule has 106 valence electrons. The summed E-state index contributed by atoms with van der Waals surface area (Å²) in [6, 6.07) is 11.1. The van der Waals surface area contributed by atoms with Crippen LogP contribution >= 0.6 is 15.9 Å². The zero-order valence-electron chi connectivity index (χ0n) is 11.0. The molecule has 3 nitrogen and oxygen atoms in total. The SMILES string of the molecule is O=S(=O)(c1ccc(Br)c2ccccc12)N1CCCCC1. The molecule has 0 atom stereocenters. The third-order valence-corrected chi connectivity index (χ3v) is 6.41. The van der Waals surface area contributed by atoms with Gasteiger partial charge in [-0.15, -0.1) is 0 Å². The number of fused-ring (bicyclic) bond motifs is 1. The number of benzene rings is 2. The van der Waals surface area contributed by atoms with E-state index in [1.165, 1.54) is 0 Å². The van der Waals surface area contributed by atoms with Crippen molar-refractivity contribution in [2.75, 3.05) is 13.1 Å². The fraction of sp³-hybridized carbons (Fsp3) is 0.333. The van der Waals surface area contributed by atoms with Crippen molar-refractivity contribution >= 4 is 36.7 Å². The Balaban J connectivity index is 2.16. The molecule has 0 spiro atoms. The molecule has 0 aliphatic carbocycles. The van der Waals surface area contributed by atoms with Crippen molar-refractivity contribution in [1.82, 2.24) is 4.31 Å². The van der Waals surface area contributed by atoms with Crippen LogP contribution < -0.4 is 0 Å². The highest BCUT2D eigenvalue weighted by Gasteiger charge is 2.27. The number of rotatable bonds is 2. The maximum atomic E-state index is 12.8. The van der Waals surface area contributed by atoms with Gasteiger partial charge in [0.2, 0.25) is 10.0 Å². The highest BCUT2D eigenvalue weighted by Crippen LogP contribution is 2.31. The van der Waals surface area contributed by atoms with Gasteiger partial charge in [0.25, 0.3) is 0 Å². The zero-order chi connectivity index (χ0) is 14.2. The first-order valence-corrected chi connectivity index (χ1v) is 9.01. The number of piperidine rings is 1. The van der Waals surface area contributed by atoms with Gasteiger partial charge < -0.3 is 0 Å². The molecule has 1 heterocycles. The maximum Gasteiger partial charge on any atom is 0.243 e. The van der Waals surface area contributed by atoms with E-state index in [-0.39, 0.29) is 0 Å². The maximum absolute atomic E-state index is 12.8.